The first-order valence-corrected chi connectivity index (χ1v) is 11.5. The van der Waals surface area contributed by atoms with Crippen LogP contribution in [0.2, 0.25) is 5.02 Å². The van der Waals surface area contributed by atoms with E-state index in [-0.39, 0.29) is 11.5 Å². The van der Waals surface area contributed by atoms with E-state index in [1.54, 1.807) is 48.5 Å². The topological polar surface area (TPSA) is 68.1 Å². The van der Waals surface area contributed by atoms with Crippen LogP contribution in [0, 0.1) is 0 Å². The number of phenolic OH excluding ortho intramolecular Hbond substituents is 1. The highest BCUT2D eigenvalue weighted by Gasteiger charge is 2.11. The fraction of sp³-hybridized carbons (Fsp3) is 0.259. The molecular formula is C27H28ClNO4. The Hall–Kier alpha value is -3.31. The van der Waals surface area contributed by atoms with Gasteiger partial charge < -0.3 is 14.6 Å². The van der Waals surface area contributed by atoms with Gasteiger partial charge in [-0.3, -0.25) is 4.99 Å². The van der Waals surface area contributed by atoms with Crippen molar-refractivity contribution in [1.82, 2.24) is 0 Å². The molecule has 3 rings (SSSR count). The highest BCUT2D eigenvalue weighted by atomic mass is 35.5. The van der Waals surface area contributed by atoms with Gasteiger partial charge in [0.1, 0.15) is 17.2 Å². The zero-order chi connectivity index (χ0) is 23.5. The van der Waals surface area contributed by atoms with Crippen LogP contribution >= 0.6 is 11.6 Å². The normalized spacial score (nSPS) is 11.0. The molecule has 33 heavy (non-hydrogen) atoms. The molecule has 172 valence electrons. The molecular weight excluding hydrogens is 438 g/mol. The third-order valence-electron chi connectivity index (χ3n) is 5.01. The molecule has 0 unspecified atom stereocenters. The number of unbranched alkanes of at least 4 members (excludes halogenated alkanes) is 4. The number of carbonyl (C=O) groups excluding carboxylic acids is 1. The molecule has 3 aromatic carbocycles. The van der Waals surface area contributed by atoms with E-state index in [0.717, 1.165) is 18.6 Å². The van der Waals surface area contributed by atoms with E-state index >= 15 is 0 Å². The fourth-order valence-electron chi connectivity index (χ4n) is 3.14. The number of benzene rings is 3. The number of aromatic hydroxyl groups is 1. The molecule has 0 bridgehead atoms. The largest absolute Gasteiger partial charge is 0.507 e. The quantitative estimate of drug-likeness (QED) is 0.139. The van der Waals surface area contributed by atoms with Crippen molar-refractivity contribution in [1.29, 1.82) is 0 Å². The summed E-state index contributed by atoms with van der Waals surface area (Å²) < 4.78 is 11.1. The van der Waals surface area contributed by atoms with Gasteiger partial charge in [0, 0.05) is 17.8 Å². The minimum Gasteiger partial charge on any atom is -0.507 e. The Balaban J connectivity index is 1.53. The van der Waals surface area contributed by atoms with Crippen molar-refractivity contribution in [3.63, 3.8) is 0 Å². The molecule has 0 aliphatic heterocycles. The van der Waals surface area contributed by atoms with Gasteiger partial charge >= 0.3 is 5.97 Å². The molecule has 3 aromatic rings. The maximum absolute atomic E-state index is 12.4. The predicted molar refractivity (Wildman–Crippen MR) is 132 cm³/mol. The number of rotatable bonds is 11. The van der Waals surface area contributed by atoms with E-state index in [1.165, 1.54) is 31.5 Å². The minimum atomic E-state index is -0.516. The van der Waals surface area contributed by atoms with Crippen LogP contribution in [0.1, 0.15) is 54.9 Å². The monoisotopic (exact) mass is 465 g/mol. The van der Waals surface area contributed by atoms with Crippen LogP contribution in [0.5, 0.6) is 17.2 Å². The van der Waals surface area contributed by atoms with Crippen LogP contribution in [-0.4, -0.2) is 23.9 Å². The number of nitrogens with zero attached hydrogens (tertiary/aromatic N) is 1. The van der Waals surface area contributed by atoms with Crippen molar-refractivity contribution in [3.8, 4) is 17.2 Å². The van der Waals surface area contributed by atoms with Gasteiger partial charge in [-0.25, -0.2) is 4.79 Å². The molecule has 0 saturated carbocycles. The van der Waals surface area contributed by atoms with Crippen molar-refractivity contribution in [2.24, 2.45) is 4.99 Å². The molecule has 0 spiro atoms. The maximum atomic E-state index is 12.4. The molecule has 0 aliphatic rings. The SMILES string of the molecule is CCCCCCCOc1ccc(C(=O)Oc2ccc(C=Nc3ccccc3Cl)c(O)c2)cc1. The van der Waals surface area contributed by atoms with Crippen molar-refractivity contribution in [2.75, 3.05) is 6.61 Å². The summed E-state index contributed by atoms with van der Waals surface area (Å²) in [5, 5.41) is 10.8. The lowest BCUT2D eigenvalue weighted by atomic mass is 10.2. The number of ether oxygens (including phenoxy) is 2. The summed E-state index contributed by atoms with van der Waals surface area (Å²) in [6, 6.07) is 18.6. The first-order valence-electron chi connectivity index (χ1n) is 11.1. The van der Waals surface area contributed by atoms with Gasteiger partial charge in [-0.05, 0) is 55.0 Å². The van der Waals surface area contributed by atoms with Crippen molar-refractivity contribution < 1.29 is 19.4 Å². The number of carbonyl (C=O) groups is 1. The van der Waals surface area contributed by atoms with Gasteiger partial charge in [0.05, 0.1) is 22.9 Å². The molecule has 0 amide bonds. The standard InChI is InChI=1S/C27H28ClNO4/c1-2-3-4-5-8-17-32-22-14-11-20(12-15-22)27(31)33-23-16-13-21(26(30)18-23)19-29-25-10-7-6-9-24(25)28/h6-7,9-16,18-19,30H,2-5,8,17H2,1H3. The molecule has 0 radical (unpaired) electrons. The van der Waals surface area contributed by atoms with Crippen molar-refractivity contribution in [2.45, 2.75) is 39.0 Å². The van der Waals surface area contributed by atoms with Crippen LogP contribution < -0.4 is 9.47 Å². The lowest BCUT2D eigenvalue weighted by Gasteiger charge is -2.08. The van der Waals surface area contributed by atoms with E-state index in [2.05, 4.69) is 11.9 Å². The first-order chi connectivity index (χ1) is 16.1. The van der Waals surface area contributed by atoms with Gasteiger partial charge in [-0.2, -0.15) is 0 Å². The van der Waals surface area contributed by atoms with Crippen LogP contribution in [0.3, 0.4) is 0 Å². The van der Waals surface area contributed by atoms with E-state index in [0.29, 0.717) is 28.4 Å². The summed E-state index contributed by atoms with van der Waals surface area (Å²) >= 11 is 6.09. The molecule has 0 fully saturated rings. The minimum absolute atomic E-state index is 0.0567. The Morgan fingerprint density at radius 2 is 1.70 bits per heavy atom. The van der Waals surface area contributed by atoms with Gasteiger partial charge in [0.2, 0.25) is 0 Å². The summed E-state index contributed by atoms with van der Waals surface area (Å²) in [6.45, 7) is 2.86. The zero-order valence-corrected chi connectivity index (χ0v) is 19.4. The van der Waals surface area contributed by atoms with E-state index in [1.807, 2.05) is 12.1 Å². The maximum Gasteiger partial charge on any atom is 0.343 e. The lowest BCUT2D eigenvalue weighted by Crippen LogP contribution is -2.08. The second-order valence-electron chi connectivity index (χ2n) is 7.61. The molecule has 1 N–H and O–H groups in total. The Morgan fingerprint density at radius 3 is 2.42 bits per heavy atom. The number of phenols is 1. The predicted octanol–water partition coefficient (Wildman–Crippen LogP) is 7.36. The zero-order valence-electron chi connectivity index (χ0n) is 18.7. The van der Waals surface area contributed by atoms with E-state index in [4.69, 9.17) is 21.1 Å². The molecule has 0 aliphatic carbocycles. The molecule has 0 heterocycles. The number of hydrogen-bond donors (Lipinski definition) is 1. The van der Waals surface area contributed by atoms with Gasteiger partial charge in [-0.1, -0.05) is 56.3 Å². The molecule has 0 saturated heterocycles. The van der Waals surface area contributed by atoms with Crippen LogP contribution in [-0.2, 0) is 0 Å². The first kappa shape index (κ1) is 24.3. The highest BCUT2D eigenvalue weighted by Crippen LogP contribution is 2.26. The summed E-state index contributed by atoms with van der Waals surface area (Å²) in [5.41, 5.74) is 1.47. The third-order valence-corrected chi connectivity index (χ3v) is 5.33. The van der Waals surface area contributed by atoms with Gasteiger partial charge in [-0.15, -0.1) is 0 Å². The van der Waals surface area contributed by atoms with Crippen molar-refractivity contribution >= 4 is 29.5 Å². The van der Waals surface area contributed by atoms with E-state index in [9.17, 15) is 9.90 Å². The Kier molecular flexibility index (Phi) is 9.33. The smallest absolute Gasteiger partial charge is 0.343 e. The molecule has 0 atom stereocenters. The summed E-state index contributed by atoms with van der Waals surface area (Å²) in [6.07, 6.45) is 7.40. The van der Waals surface area contributed by atoms with Crippen LogP contribution in [0.4, 0.5) is 5.69 Å². The number of esters is 1. The van der Waals surface area contributed by atoms with Gasteiger partial charge in [0.25, 0.3) is 0 Å². The summed E-state index contributed by atoms with van der Waals surface area (Å²) in [5.74, 6) is 0.387. The Labute approximate surface area is 199 Å². The van der Waals surface area contributed by atoms with Crippen LogP contribution in [0.15, 0.2) is 71.7 Å². The second kappa shape index (κ2) is 12.7. The average molecular weight is 466 g/mol. The summed E-state index contributed by atoms with van der Waals surface area (Å²) in [7, 11) is 0. The Morgan fingerprint density at radius 1 is 0.970 bits per heavy atom. The van der Waals surface area contributed by atoms with Crippen LogP contribution in [0.25, 0.3) is 0 Å². The third kappa shape index (κ3) is 7.65. The lowest BCUT2D eigenvalue weighted by molar-refractivity contribution is 0.0734. The number of halogens is 1. The van der Waals surface area contributed by atoms with E-state index < -0.39 is 5.97 Å². The highest BCUT2D eigenvalue weighted by molar-refractivity contribution is 6.33. The number of para-hydroxylation sites is 1. The average Bonchev–Trinajstić information content (AvgIpc) is 2.82. The molecule has 6 heteroatoms. The van der Waals surface area contributed by atoms with Crippen molar-refractivity contribution in [3.05, 3.63) is 82.9 Å². The Bertz CT molecular complexity index is 1080. The summed E-state index contributed by atoms with van der Waals surface area (Å²) in [4.78, 5) is 16.7. The molecule has 0 aromatic heterocycles. The van der Waals surface area contributed by atoms with Gasteiger partial charge in [0.15, 0.2) is 0 Å². The fourth-order valence-corrected chi connectivity index (χ4v) is 3.33. The number of aliphatic imine (C=N–C) groups is 1. The molecule has 5 nitrogen and oxygen atoms in total. The number of hydrogen-bond acceptors (Lipinski definition) is 5. The second-order valence-corrected chi connectivity index (χ2v) is 8.01.